The minimum Gasteiger partial charge on any atom is -0.435 e. The number of nitrogens with one attached hydrogen (secondary N) is 3. The lowest BCUT2D eigenvalue weighted by Crippen LogP contribution is -2.31. The molecule has 0 spiro atoms. The Balaban J connectivity index is 1.71. The first kappa shape index (κ1) is 15.4. The topological polar surface area (TPSA) is 79.0 Å². The molecule has 2 heterocycles. The summed E-state index contributed by atoms with van der Waals surface area (Å²) in [6.45, 7) is -1.20. The highest BCUT2D eigenvalue weighted by Crippen LogP contribution is 2.16. The number of halogens is 2. The predicted octanol–water partition coefficient (Wildman–Crippen LogP) is 1.63. The van der Waals surface area contributed by atoms with E-state index in [4.69, 9.17) is 0 Å². The lowest BCUT2D eigenvalue weighted by molar-refractivity contribution is -0.0498. The number of nitrogens with zero attached hydrogens (tertiary/aromatic N) is 1. The summed E-state index contributed by atoms with van der Waals surface area (Å²) in [5, 5.41) is 6.16. The fraction of sp³-hybridized carbons (Fsp3) is 0.333. The zero-order valence-electron chi connectivity index (χ0n) is 12.2. The molecular formula is C15H16F2N4O2. The zero-order valence-corrected chi connectivity index (χ0v) is 12.2. The maximum absolute atomic E-state index is 12.2. The van der Waals surface area contributed by atoms with Crippen LogP contribution >= 0.6 is 0 Å². The predicted molar refractivity (Wildman–Crippen MR) is 80.7 cm³/mol. The van der Waals surface area contributed by atoms with Crippen LogP contribution in [0.15, 0.2) is 29.1 Å². The molecule has 8 heteroatoms. The molecule has 0 unspecified atom stereocenters. The van der Waals surface area contributed by atoms with Crippen molar-refractivity contribution in [2.45, 2.75) is 26.1 Å². The molecule has 0 saturated heterocycles. The monoisotopic (exact) mass is 322 g/mol. The first-order chi connectivity index (χ1) is 11.1. The molecule has 0 aliphatic carbocycles. The number of aromatic amines is 1. The molecule has 23 heavy (non-hydrogen) atoms. The Morgan fingerprint density at radius 1 is 1.39 bits per heavy atom. The van der Waals surface area contributed by atoms with E-state index in [2.05, 4.69) is 25.3 Å². The van der Waals surface area contributed by atoms with Crippen molar-refractivity contribution in [2.75, 3.05) is 11.9 Å². The van der Waals surface area contributed by atoms with Crippen molar-refractivity contribution in [3.8, 4) is 5.75 Å². The third-order valence-electron chi connectivity index (χ3n) is 3.53. The van der Waals surface area contributed by atoms with E-state index in [0.29, 0.717) is 31.0 Å². The number of ether oxygens (including phenoxy) is 1. The van der Waals surface area contributed by atoms with Crippen LogP contribution in [0, 0.1) is 0 Å². The molecule has 122 valence electrons. The Labute approximate surface area is 130 Å². The second-order valence-electron chi connectivity index (χ2n) is 5.15. The average molecular weight is 322 g/mol. The fourth-order valence-electron chi connectivity index (χ4n) is 2.47. The van der Waals surface area contributed by atoms with Crippen molar-refractivity contribution in [1.29, 1.82) is 0 Å². The van der Waals surface area contributed by atoms with Gasteiger partial charge in [0, 0.05) is 18.7 Å². The SMILES string of the molecule is O=c1[nH]c(NCc2cccc(OC(F)F)c2)nc2c1CCNC2. The number of H-pyrrole nitrogens is 1. The molecule has 0 radical (unpaired) electrons. The van der Waals surface area contributed by atoms with Gasteiger partial charge in [-0.05, 0) is 30.7 Å². The summed E-state index contributed by atoms with van der Waals surface area (Å²) in [7, 11) is 0. The Kier molecular flexibility index (Phi) is 4.52. The van der Waals surface area contributed by atoms with Gasteiger partial charge in [0.05, 0.1) is 5.69 Å². The number of aromatic nitrogens is 2. The minimum atomic E-state index is -2.86. The quantitative estimate of drug-likeness (QED) is 0.780. The van der Waals surface area contributed by atoms with Crippen LogP contribution in [0.1, 0.15) is 16.8 Å². The molecule has 0 saturated carbocycles. The summed E-state index contributed by atoms with van der Waals surface area (Å²) in [6, 6.07) is 6.36. The molecule has 3 rings (SSSR count). The van der Waals surface area contributed by atoms with Crippen LogP contribution in [0.4, 0.5) is 14.7 Å². The highest BCUT2D eigenvalue weighted by atomic mass is 19.3. The number of benzene rings is 1. The molecule has 1 aromatic heterocycles. The van der Waals surface area contributed by atoms with Crippen molar-refractivity contribution >= 4 is 5.95 Å². The van der Waals surface area contributed by atoms with Gasteiger partial charge in [-0.25, -0.2) is 4.98 Å². The van der Waals surface area contributed by atoms with Gasteiger partial charge in [-0.15, -0.1) is 0 Å². The van der Waals surface area contributed by atoms with E-state index in [1.165, 1.54) is 12.1 Å². The first-order valence-corrected chi connectivity index (χ1v) is 7.22. The average Bonchev–Trinajstić information content (AvgIpc) is 2.53. The van der Waals surface area contributed by atoms with Gasteiger partial charge in [0.25, 0.3) is 5.56 Å². The molecule has 3 N–H and O–H groups in total. The zero-order chi connectivity index (χ0) is 16.2. The number of rotatable bonds is 5. The molecule has 6 nitrogen and oxygen atoms in total. The summed E-state index contributed by atoms with van der Waals surface area (Å²) in [4.78, 5) is 19.1. The van der Waals surface area contributed by atoms with Crippen molar-refractivity contribution in [3.05, 3.63) is 51.4 Å². The van der Waals surface area contributed by atoms with Crippen LogP contribution in [0.2, 0.25) is 0 Å². The van der Waals surface area contributed by atoms with Gasteiger partial charge in [-0.2, -0.15) is 8.78 Å². The van der Waals surface area contributed by atoms with Crippen LogP contribution in [-0.4, -0.2) is 23.1 Å². The molecule has 2 aromatic rings. The number of alkyl halides is 2. The number of hydrogen-bond acceptors (Lipinski definition) is 5. The first-order valence-electron chi connectivity index (χ1n) is 7.22. The molecule has 1 aromatic carbocycles. The summed E-state index contributed by atoms with van der Waals surface area (Å²) in [5.74, 6) is 0.452. The van der Waals surface area contributed by atoms with Gasteiger partial charge in [0.15, 0.2) is 0 Å². The maximum atomic E-state index is 12.2. The molecule has 0 atom stereocenters. The lowest BCUT2D eigenvalue weighted by Gasteiger charge is -2.16. The molecule has 0 bridgehead atoms. The van der Waals surface area contributed by atoms with Crippen molar-refractivity contribution in [1.82, 2.24) is 15.3 Å². The molecule has 1 aliphatic rings. The smallest absolute Gasteiger partial charge is 0.387 e. The van der Waals surface area contributed by atoms with E-state index in [0.717, 1.165) is 17.8 Å². The second kappa shape index (κ2) is 6.74. The van der Waals surface area contributed by atoms with Gasteiger partial charge >= 0.3 is 6.61 Å². The normalized spacial score (nSPS) is 13.7. The van der Waals surface area contributed by atoms with Crippen LogP contribution in [0.3, 0.4) is 0 Å². The summed E-state index contributed by atoms with van der Waals surface area (Å²) in [5.41, 5.74) is 2.04. The standard InChI is InChI=1S/C15H16F2N4O2/c16-14(17)23-10-3-1-2-9(6-10)7-19-15-20-12-8-18-5-4-11(12)13(22)21-15/h1-3,6,14,18H,4-5,7-8H2,(H2,19,20,21,22). The fourth-order valence-corrected chi connectivity index (χ4v) is 2.47. The van der Waals surface area contributed by atoms with Gasteiger partial charge < -0.3 is 15.4 Å². The van der Waals surface area contributed by atoms with Gasteiger partial charge in [0.2, 0.25) is 5.95 Å². The molecule has 0 amide bonds. The van der Waals surface area contributed by atoms with Crippen LogP contribution < -0.4 is 20.9 Å². The van der Waals surface area contributed by atoms with Crippen LogP contribution in [0.5, 0.6) is 5.75 Å². The Morgan fingerprint density at radius 3 is 3.09 bits per heavy atom. The van der Waals surface area contributed by atoms with Crippen LogP contribution in [-0.2, 0) is 19.5 Å². The minimum absolute atomic E-state index is 0.0930. The summed E-state index contributed by atoms with van der Waals surface area (Å²) >= 11 is 0. The Hall–Kier alpha value is -2.48. The van der Waals surface area contributed by atoms with Crippen molar-refractivity contribution < 1.29 is 13.5 Å². The second-order valence-corrected chi connectivity index (χ2v) is 5.15. The summed E-state index contributed by atoms with van der Waals surface area (Å²) < 4.78 is 28.8. The van der Waals surface area contributed by atoms with Gasteiger partial charge in [-0.1, -0.05) is 12.1 Å². The van der Waals surface area contributed by atoms with E-state index in [1.54, 1.807) is 12.1 Å². The lowest BCUT2D eigenvalue weighted by atomic mass is 10.1. The third-order valence-corrected chi connectivity index (χ3v) is 3.53. The highest BCUT2D eigenvalue weighted by Gasteiger charge is 2.15. The van der Waals surface area contributed by atoms with E-state index < -0.39 is 6.61 Å². The Morgan fingerprint density at radius 2 is 2.26 bits per heavy atom. The number of anilines is 1. The third kappa shape index (κ3) is 3.84. The Bertz CT molecular complexity index is 748. The highest BCUT2D eigenvalue weighted by molar-refractivity contribution is 5.34. The molecule has 1 aliphatic heterocycles. The summed E-state index contributed by atoms with van der Waals surface area (Å²) in [6.07, 6.45) is 0.658. The van der Waals surface area contributed by atoms with E-state index in [-0.39, 0.29) is 11.3 Å². The van der Waals surface area contributed by atoms with Crippen LogP contribution in [0.25, 0.3) is 0 Å². The maximum Gasteiger partial charge on any atom is 0.387 e. The van der Waals surface area contributed by atoms with E-state index in [9.17, 15) is 13.6 Å². The molecule has 0 fully saturated rings. The van der Waals surface area contributed by atoms with Crippen molar-refractivity contribution in [3.63, 3.8) is 0 Å². The van der Waals surface area contributed by atoms with E-state index in [1.807, 2.05) is 0 Å². The number of fused-ring (bicyclic) bond motifs is 1. The van der Waals surface area contributed by atoms with Gasteiger partial charge in [-0.3, -0.25) is 9.78 Å². The van der Waals surface area contributed by atoms with Gasteiger partial charge in [0.1, 0.15) is 5.75 Å². The largest absolute Gasteiger partial charge is 0.435 e. The van der Waals surface area contributed by atoms with E-state index >= 15 is 0 Å². The number of hydrogen-bond donors (Lipinski definition) is 3. The van der Waals surface area contributed by atoms with Crippen molar-refractivity contribution in [2.24, 2.45) is 0 Å². The molecular weight excluding hydrogens is 306 g/mol.